The van der Waals surface area contributed by atoms with Crippen LogP contribution < -0.4 is 27.0 Å². The number of amides is 6. The van der Waals surface area contributed by atoms with Gasteiger partial charge in [0.15, 0.2) is 0 Å². The molecule has 1 unspecified atom stereocenters. The number of ether oxygens (including phenoxy) is 1. The number of nitrogens with one attached hydrogen (secondary N) is 4. The monoisotopic (exact) mass is 648 g/mol. The zero-order chi connectivity index (χ0) is 34.9. The lowest BCUT2D eigenvalue weighted by atomic mass is 9.80. The SMILES string of the molecule is CC(C)[C@@H](CNC(=O)OC(C)(C)C)NC(=O)N[C@H](C(=O)N1C[C@H]2[C@@H]([C@H]1C(=O)NC(CC1CCC1)C(=O)C(N)=O)C2(C)C)C(C)(C)C. The van der Waals surface area contributed by atoms with Crippen LogP contribution in [0, 0.1) is 34.5 Å². The van der Waals surface area contributed by atoms with Gasteiger partial charge in [0.2, 0.25) is 17.6 Å². The molecule has 2 saturated carbocycles. The lowest BCUT2D eigenvalue weighted by Crippen LogP contribution is -2.62. The number of Topliss-reactive ketones (excluding diaryl/α,β-unsaturated/α-hetero) is 1. The summed E-state index contributed by atoms with van der Waals surface area (Å²) in [5, 5.41) is 11.2. The molecule has 6 amide bonds. The summed E-state index contributed by atoms with van der Waals surface area (Å²) in [6.07, 6.45) is 2.60. The molecule has 3 aliphatic rings. The molecule has 6 N–H and O–H groups in total. The van der Waals surface area contributed by atoms with Crippen LogP contribution in [-0.4, -0.2) is 83.4 Å². The predicted molar refractivity (Wildman–Crippen MR) is 172 cm³/mol. The van der Waals surface area contributed by atoms with E-state index in [9.17, 15) is 28.8 Å². The Morgan fingerprint density at radius 1 is 0.957 bits per heavy atom. The predicted octanol–water partition coefficient (Wildman–Crippen LogP) is 2.46. The van der Waals surface area contributed by atoms with Gasteiger partial charge in [-0.25, -0.2) is 9.59 Å². The molecule has 6 atom stereocenters. The van der Waals surface area contributed by atoms with Gasteiger partial charge in [0, 0.05) is 13.1 Å². The van der Waals surface area contributed by atoms with Crippen LogP contribution in [0.15, 0.2) is 0 Å². The fourth-order valence-electron chi connectivity index (χ4n) is 6.65. The maximum atomic E-state index is 14.2. The van der Waals surface area contributed by atoms with Gasteiger partial charge in [-0.1, -0.05) is 67.7 Å². The number of piperidine rings is 1. The van der Waals surface area contributed by atoms with Crippen LogP contribution >= 0.6 is 0 Å². The molecule has 0 aromatic rings. The molecular formula is C33H56N6O7. The maximum Gasteiger partial charge on any atom is 0.407 e. The van der Waals surface area contributed by atoms with Gasteiger partial charge < -0.3 is 36.6 Å². The Morgan fingerprint density at radius 2 is 1.57 bits per heavy atom. The number of nitrogens with zero attached hydrogens (tertiary/aromatic N) is 1. The highest BCUT2D eigenvalue weighted by molar-refractivity contribution is 6.37. The molecule has 3 rings (SSSR count). The number of carbonyl (C=O) groups is 6. The molecule has 0 aromatic heterocycles. The average molecular weight is 649 g/mol. The minimum Gasteiger partial charge on any atom is -0.444 e. The van der Waals surface area contributed by atoms with Gasteiger partial charge in [-0.05, 0) is 61.7 Å². The molecule has 0 aromatic carbocycles. The minimum atomic E-state index is -1.10. The van der Waals surface area contributed by atoms with E-state index in [0.29, 0.717) is 13.0 Å². The summed E-state index contributed by atoms with van der Waals surface area (Å²) in [6, 6.07) is -3.95. The van der Waals surface area contributed by atoms with E-state index in [1.165, 1.54) is 4.90 Å². The van der Waals surface area contributed by atoms with E-state index in [0.717, 1.165) is 19.3 Å². The number of alkyl carbamates (subject to hydrolysis) is 1. The van der Waals surface area contributed by atoms with E-state index in [4.69, 9.17) is 10.5 Å². The molecule has 13 nitrogen and oxygen atoms in total. The van der Waals surface area contributed by atoms with E-state index >= 15 is 0 Å². The van der Waals surface area contributed by atoms with Crippen molar-refractivity contribution in [3.05, 3.63) is 0 Å². The lowest BCUT2D eigenvalue weighted by molar-refractivity contribution is -0.145. The Kier molecular flexibility index (Phi) is 11.1. The standard InChI is InChI=1S/C33H56N6O7/c1-17(2)21(15-35-30(45)46-32(6,7)8)37-29(44)38-25(31(3,4)5)28(43)39-16-19-22(33(19,9)10)23(39)27(42)36-20(24(40)26(34)41)14-18-12-11-13-18/h17-23,25H,11-16H2,1-10H3,(H2,34,41)(H,35,45)(H,36,42)(H2,37,38,44)/t19-,20?,21+,22-,23-,25+/m0/s1. The van der Waals surface area contributed by atoms with Crippen molar-refractivity contribution in [1.29, 1.82) is 0 Å². The summed E-state index contributed by atoms with van der Waals surface area (Å²) in [4.78, 5) is 79.7. The number of hydrogen-bond donors (Lipinski definition) is 5. The summed E-state index contributed by atoms with van der Waals surface area (Å²) in [6.45, 7) is 19.1. The number of ketones is 1. The number of urea groups is 1. The van der Waals surface area contributed by atoms with Crippen molar-refractivity contribution in [3.8, 4) is 0 Å². The smallest absolute Gasteiger partial charge is 0.407 e. The van der Waals surface area contributed by atoms with Crippen LogP contribution in [0.2, 0.25) is 0 Å². The van der Waals surface area contributed by atoms with Gasteiger partial charge in [0.05, 0.1) is 12.1 Å². The molecule has 0 radical (unpaired) electrons. The van der Waals surface area contributed by atoms with Crippen LogP contribution in [0.1, 0.15) is 94.9 Å². The minimum absolute atomic E-state index is 0.0542. The third kappa shape index (κ3) is 8.90. The van der Waals surface area contributed by atoms with Crippen molar-refractivity contribution in [3.63, 3.8) is 0 Å². The van der Waals surface area contributed by atoms with Crippen LogP contribution in [0.3, 0.4) is 0 Å². The van der Waals surface area contributed by atoms with Gasteiger partial charge in [-0.15, -0.1) is 0 Å². The fourth-order valence-corrected chi connectivity index (χ4v) is 6.65. The summed E-state index contributed by atoms with van der Waals surface area (Å²) >= 11 is 0. The van der Waals surface area contributed by atoms with E-state index in [1.807, 2.05) is 34.6 Å². The molecule has 260 valence electrons. The maximum absolute atomic E-state index is 14.2. The molecule has 0 bridgehead atoms. The number of fused-ring (bicyclic) bond motifs is 1. The first-order valence-corrected chi connectivity index (χ1v) is 16.5. The number of carbonyl (C=O) groups excluding carboxylic acids is 6. The van der Waals surface area contributed by atoms with Gasteiger partial charge >= 0.3 is 12.1 Å². The number of primary amides is 1. The third-order valence-corrected chi connectivity index (χ3v) is 9.80. The fraction of sp³-hybridized carbons (Fsp3) is 0.818. The van der Waals surface area contributed by atoms with Crippen molar-refractivity contribution in [1.82, 2.24) is 26.2 Å². The zero-order valence-corrected chi connectivity index (χ0v) is 29.2. The first kappa shape index (κ1) is 37.1. The van der Waals surface area contributed by atoms with Gasteiger partial charge in [0.25, 0.3) is 5.91 Å². The Morgan fingerprint density at radius 3 is 2.04 bits per heavy atom. The second kappa shape index (κ2) is 13.8. The summed E-state index contributed by atoms with van der Waals surface area (Å²) in [5.74, 6) is -2.73. The van der Waals surface area contributed by atoms with Crippen molar-refractivity contribution in [2.45, 2.75) is 125 Å². The largest absolute Gasteiger partial charge is 0.444 e. The summed E-state index contributed by atoms with van der Waals surface area (Å²) in [5.41, 5.74) is 3.74. The van der Waals surface area contributed by atoms with E-state index < -0.39 is 70.8 Å². The van der Waals surface area contributed by atoms with Crippen LogP contribution in [0.25, 0.3) is 0 Å². The van der Waals surface area contributed by atoms with Crippen molar-refractivity contribution >= 4 is 35.6 Å². The van der Waals surface area contributed by atoms with Crippen LogP contribution in [0.4, 0.5) is 9.59 Å². The molecule has 13 heteroatoms. The average Bonchev–Trinajstić information content (AvgIpc) is 3.20. The number of hydrogen-bond acceptors (Lipinski definition) is 7. The number of likely N-dealkylation sites (tertiary alicyclic amines) is 1. The Hall–Kier alpha value is -3.38. The molecule has 1 aliphatic heterocycles. The highest BCUT2D eigenvalue weighted by atomic mass is 16.6. The first-order chi connectivity index (χ1) is 21.0. The van der Waals surface area contributed by atoms with Gasteiger partial charge in [-0.2, -0.15) is 0 Å². The quantitative estimate of drug-likeness (QED) is 0.201. The Balaban J connectivity index is 1.76. The van der Waals surface area contributed by atoms with Crippen molar-refractivity contribution in [2.24, 2.45) is 40.2 Å². The van der Waals surface area contributed by atoms with Crippen molar-refractivity contribution in [2.75, 3.05) is 13.1 Å². The number of rotatable bonds is 12. The zero-order valence-electron chi connectivity index (χ0n) is 29.2. The Labute approximate surface area is 273 Å². The second-order valence-corrected chi connectivity index (χ2v) is 16.4. The van der Waals surface area contributed by atoms with E-state index in [1.54, 1.807) is 20.8 Å². The molecule has 2 aliphatic carbocycles. The number of nitrogens with two attached hydrogens (primary N) is 1. The lowest BCUT2D eigenvalue weighted by Gasteiger charge is -2.38. The highest BCUT2D eigenvalue weighted by Crippen LogP contribution is 2.65. The molecule has 1 saturated heterocycles. The Bertz CT molecular complexity index is 1200. The van der Waals surface area contributed by atoms with E-state index in [2.05, 4.69) is 35.1 Å². The molecule has 3 fully saturated rings. The normalized spacial score (nSPS) is 24.1. The van der Waals surface area contributed by atoms with Gasteiger partial charge in [-0.3, -0.25) is 19.2 Å². The second-order valence-electron chi connectivity index (χ2n) is 16.4. The van der Waals surface area contributed by atoms with E-state index in [-0.39, 0.29) is 35.6 Å². The molecule has 46 heavy (non-hydrogen) atoms. The van der Waals surface area contributed by atoms with Gasteiger partial charge in [0.1, 0.15) is 17.7 Å². The first-order valence-electron chi connectivity index (χ1n) is 16.5. The van der Waals surface area contributed by atoms with Crippen LogP contribution in [0.5, 0.6) is 0 Å². The topological polar surface area (TPSA) is 189 Å². The summed E-state index contributed by atoms with van der Waals surface area (Å²) < 4.78 is 5.30. The van der Waals surface area contributed by atoms with Crippen molar-refractivity contribution < 1.29 is 33.5 Å². The molecule has 1 heterocycles. The summed E-state index contributed by atoms with van der Waals surface area (Å²) in [7, 11) is 0. The highest BCUT2D eigenvalue weighted by Gasteiger charge is 2.70. The third-order valence-electron chi connectivity index (χ3n) is 9.80. The molecule has 0 spiro atoms. The molecular weight excluding hydrogens is 592 g/mol. The van der Waals surface area contributed by atoms with Crippen LogP contribution in [-0.2, 0) is 23.9 Å².